The molecule has 0 unspecified atom stereocenters. The lowest BCUT2D eigenvalue weighted by Gasteiger charge is -2.04. The van der Waals surface area contributed by atoms with Crippen molar-refractivity contribution in [3.8, 4) is 6.07 Å². The van der Waals surface area contributed by atoms with Gasteiger partial charge in [0.05, 0.1) is 12.7 Å². The molecule has 21 heavy (non-hydrogen) atoms. The summed E-state index contributed by atoms with van der Waals surface area (Å²) in [6, 6.07) is 6.07. The number of carbonyl (C=O) groups is 1. The van der Waals surface area contributed by atoms with Gasteiger partial charge in [0.1, 0.15) is 18.4 Å². The molecule has 0 saturated heterocycles. The first kappa shape index (κ1) is 14.9. The molecule has 0 aliphatic heterocycles. The summed E-state index contributed by atoms with van der Waals surface area (Å²) in [6.07, 6.45) is 0. The zero-order valence-electron chi connectivity index (χ0n) is 11.0. The number of hydrogen-bond donors (Lipinski definition) is 0. The quantitative estimate of drug-likeness (QED) is 0.604. The molecule has 1 heterocycles. The van der Waals surface area contributed by atoms with E-state index in [0.29, 0.717) is 10.9 Å². The summed E-state index contributed by atoms with van der Waals surface area (Å²) in [7, 11) is 1.28. The SMILES string of the molecule is COC(=O)Cn1nnnc1SCc1ccc(F)c(C#N)c1. The lowest BCUT2D eigenvalue weighted by molar-refractivity contribution is -0.141. The average molecular weight is 307 g/mol. The van der Waals surface area contributed by atoms with Gasteiger partial charge in [-0.15, -0.1) is 5.10 Å². The maximum atomic E-state index is 13.2. The third-order valence-corrected chi connectivity index (χ3v) is 3.55. The van der Waals surface area contributed by atoms with Crippen LogP contribution in [0.5, 0.6) is 0 Å². The van der Waals surface area contributed by atoms with Gasteiger partial charge in [-0.1, -0.05) is 17.8 Å². The van der Waals surface area contributed by atoms with Gasteiger partial charge in [-0.2, -0.15) is 5.26 Å². The van der Waals surface area contributed by atoms with Crippen LogP contribution in [0, 0.1) is 17.1 Å². The van der Waals surface area contributed by atoms with Gasteiger partial charge >= 0.3 is 5.97 Å². The third kappa shape index (κ3) is 3.76. The molecule has 0 saturated carbocycles. The van der Waals surface area contributed by atoms with E-state index in [-0.39, 0.29) is 12.1 Å². The van der Waals surface area contributed by atoms with Crippen LogP contribution in [-0.4, -0.2) is 33.3 Å². The lowest BCUT2D eigenvalue weighted by Crippen LogP contribution is -2.13. The molecule has 108 valence electrons. The number of ether oxygens (including phenoxy) is 1. The maximum absolute atomic E-state index is 13.2. The number of nitrogens with zero attached hydrogens (tertiary/aromatic N) is 5. The van der Waals surface area contributed by atoms with Gasteiger partial charge in [-0.25, -0.2) is 9.07 Å². The summed E-state index contributed by atoms with van der Waals surface area (Å²) in [4.78, 5) is 11.2. The topological polar surface area (TPSA) is 93.7 Å². The highest BCUT2D eigenvalue weighted by atomic mass is 32.2. The first-order chi connectivity index (χ1) is 10.1. The van der Waals surface area contributed by atoms with Crippen molar-refractivity contribution in [2.45, 2.75) is 17.5 Å². The van der Waals surface area contributed by atoms with E-state index in [0.717, 1.165) is 5.56 Å². The summed E-state index contributed by atoms with van der Waals surface area (Å²) < 4.78 is 19.1. The Labute approximate surface area is 123 Å². The van der Waals surface area contributed by atoms with Crippen molar-refractivity contribution in [3.63, 3.8) is 0 Å². The Balaban J connectivity index is 2.05. The van der Waals surface area contributed by atoms with E-state index in [1.54, 1.807) is 12.1 Å². The summed E-state index contributed by atoms with van der Waals surface area (Å²) in [5.74, 6) is -0.573. The molecule has 0 amide bonds. The van der Waals surface area contributed by atoms with Crippen LogP contribution in [0.2, 0.25) is 0 Å². The largest absolute Gasteiger partial charge is 0.468 e. The molecule has 0 aliphatic carbocycles. The Hall–Kier alpha value is -2.47. The van der Waals surface area contributed by atoms with Crippen molar-refractivity contribution in [2.75, 3.05) is 7.11 Å². The van der Waals surface area contributed by atoms with Gasteiger partial charge in [0.15, 0.2) is 0 Å². The van der Waals surface area contributed by atoms with E-state index >= 15 is 0 Å². The number of nitriles is 1. The lowest BCUT2D eigenvalue weighted by atomic mass is 10.1. The van der Waals surface area contributed by atoms with Gasteiger partial charge in [0, 0.05) is 5.75 Å². The number of methoxy groups -OCH3 is 1. The van der Waals surface area contributed by atoms with Crippen LogP contribution in [0.4, 0.5) is 4.39 Å². The molecular formula is C12H10FN5O2S. The fraction of sp³-hybridized carbons (Fsp3) is 0.250. The second-order valence-corrected chi connectivity index (χ2v) is 4.85. The maximum Gasteiger partial charge on any atom is 0.327 e. The Bertz CT molecular complexity index is 697. The van der Waals surface area contributed by atoms with E-state index < -0.39 is 11.8 Å². The van der Waals surface area contributed by atoms with Crippen LogP contribution in [0.1, 0.15) is 11.1 Å². The minimum Gasteiger partial charge on any atom is -0.468 e. The molecule has 0 atom stereocenters. The predicted octanol–water partition coefficient (Wildman–Crippen LogP) is 1.15. The van der Waals surface area contributed by atoms with Crippen molar-refractivity contribution in [3.05, 3.63) is 35.1 Å². The standard InChI is InChI=1S/C12H10FN5O2S/c1-20-11(19)6-18-12(15-16-17-18)21-7-8-2-3-10(13)9(4-8)5-14/h2-4H,6-7H2,1H3. The number of hydrogen-bond acceptors (Lipinski definition) is 7. The van der Waals surface area contributed by atoms with E-state index in [9.17, 15) is 9.18 Å². The highest BCUT2D eigenvalue weighted by Gasteiger charge is 2.12. The zero-order chi connectivity index (χ0) is 15.2. The first-order valence-electron chi connectivity index (χ1n) is 5.78. The van der Waals surface area contributed by atoms with Crippen molar-refractivity contribution in [1.82, 2.24) is 20.2 Å². The molecule has 0 spiro atoms. The third-order valence-electron chi connectivity index (χ3n) is 2.52. The van der Waals surface area contributed by atoms with Gasteiger partial charge in [0.25, 0.3) is 0 Å². The minimum absolute atomic E-state index is 0.0118. The molecule has 0 fully saturated rings. The number of carbonyl (C=O) groups excluding carboxylic acids is 1. The highest BCUT2D eigenvalue weighted by Crippen LogP contribution is 2.21. The summed E-state index contributed by atoms with van der Waals surface area (Å²) >= 11 is 1.27. The summed E-state index contributed by atoms with van der Waals surface area (Å²) in [6.45, 7) is -0.0846. The smallest absolute Gasteiger partial charge is 0.327 e. The fourth-order valence-corrected chi connectivity index (χ4v) is 2.30. The molecule has 1 aromatic carbocycles. The predicted molar refractivity (Wildman–Crippen MR) is 70.5 cm³/mol. The Morgan fingerprint density at radius 3 is 3.10 bits per heavy atom. The van der Waals surface area contributed by atoms with E-state index in [4.69, 9.17) is 5.26 Å². The van der Waals surface area contributed by atoms with Gasteiger partial charge in [0.2, 0.25) is 5.16 Å². The van der Waals surface area contributed by atoms with Crippen molar-refractivity contribution in [2.24, 2.45) is 0 Å². The second kappa shape index (κ2) is 6.81. The highest BCUT2D eigenvalue weighted by molar-refractivity contribution is 7.98. The van der Waals surface area contributed by atoms with E-state index in [2.05, 4.69) is 20.3 Å². The molecule has 0 radical (unpaired) electrons. The Kier molecular flexibility index (Phi) is 4.84. The molecular weight excluding hydrogens is 297 g/mol. The Morgan fingerprint density at radius 2 is 2.38 bits per heavy atom. The van der Waals surface area contributed by atoms with E-state index in [1.165, 1.54) is 35.7 Å². The van der Waals surface area contributed by atoms with Gasteiger partial charge in [-0.05, 0) is 28.1 Å². The first-order valence-corrected chi connectivity index (χ1v) is 6.77. The molecule has 2 aromatic rings. The van der Waals surface area contributed by atoms with Crippen LogP contribution in [0.15, 0.2) is 23.4 Å². The van der Waals surface area contributed by atoms with Crippen LogP contribution in [0.25, 0.3) is 0 Å². The molecule has 0 N–H and O–H groups in total. The van der Waals surface area contributed by atoms with Crippen LogP contribution in [0.3, 0.4) is 0 Å². The van der Waals surface area contributed by atoms with Crippen LogP contribution >= 0.6 is 11.8 Å². The van der Waals surface area contributed by atoms with Crippen LogP contribution in [-0.2, 0) is 21.8 Å². The summed E-state index contributed by atoms with van der Waals surface area (Å²) in [5.41, 5.74) is 0.743. The van der Waals surface area contributed by atoms with Crippen molar-refractivity contribution >= 4 is 17.7 Å². The van der Waals surface area contributed by atoms with E-state index in [1.807, 2.05) is 0 Å². The minimum atomic E-state index is -0.554. The molecule has 0 bridgehead atoms. The second-order valence-electron chi connectivity index (χ2n) is 3.91. The molecule has 1 aromatic heterocycles. The van der Waals surface area contributed by atoms with Crippen LogP contribution < -0.4 is 0 Å². The number of aromatic nitrogens is 4. The number of halogens is 1. The number of thioether (sulfide) groups is 1. The summed E-state index contributed by atoms with van der Waals surface area (Å²) in [5, 5.41) is 20.2. The number of tetrazole rings is 1. The van der Waals surface area contributed by atoms with Gasteiger partial charge < -0.3 is 4.74 Å². The van der Waals surface area contributed by atoms with Crippen molar-refractivity contribution < 1.29 is 13.9 Å². The normalized spacial score (nSPS) is 10.1. The number of esters is 1. The molecule has 7 nitrogen and oxygen atoms in total. The Morgan fingerprint density at radius 1 is 1.57 bits per heavy atom. The average Bonchev–Trinajstić information content (AvgIpc) is 2.93. The zero-order valence-corrected chi connectivity index (χ0v) is 11.8. The monoisotopic (exact) mass is 307 g/mol. The molecule has 2 rings (SSSR count). The fourth-order valence-electron chi connectivity index (χ4n) is 1.48. The molecule has 9 heteroatoms. The number of benzene rings is 1. The van der Waals surface area contributed by atoms with Gasteiger partial charge in [-0.3, -0.25) is 4.79 Å². The number of rotatable bonds is 5. The van der Waals surface area contributed by atoms with Crippen molar-refractivity contribution in [1.29, 1.82) is 5.26 Å². The molecule has 0 aliphatic rings.